The van der Waals surface area contributed by atoms with Crippen molar-refractivity contribution in [2.24, 2.45) is 10.7 Å². The molecule has 7 heteroatoms. The van der Waals surface area contributed by atoms with Gasteiger partial charge in [-0.15, -0.1) is 0 Å². The molecule has 0 bridgehead atoms. The molecule has 110 valence electrons. The Kier molecular flexibility index (Phi) is 2.62. The van der Waals surface area contributed by atoms with Crippen LogP contribution in [0.15, 0.2) is 47.5 Å². The Morgan fingerprint density at radius 1 is 1.09 bits per heavy atom. The number of nitrogens with zero attached hydrogens (tertiary/aromatic N) is 2. The fourth-order valence-electron chi connectivity index (χ4n) is 2.73. The molecule has 0 fully saturated rings. The first-order chi connectivity index (χ1) is 10.6. The average Bonchev–Trinajstić information content (AvgIpc) is 2.83. The maximum Gasteiger partial charge on any atom is 0.365 e. The minimum absolute atomic E-state index is 0.182. The summed E-state index contributed by atoms with van der Waals surface area (Å²) in [6, 6.07) is 10.9. The average molecular weight is 300 g/mol. The molecule has 0 saturated heterocycles. The lowest BCUT2D eigenvalue weighted by atomic mass is 10.1. The van der Waals surface area contributed by atoms with Gasteiger partial charge in [-0.25, -0.2) is 23.6 Å². The summed E-state index contributed by atoms with van der Waals surface area (Å²) in [5.74, 6) is -0.502. The molecular formula is C15H12F2N5+. The number of H-pyrrole nitrogens is 1. The smallest absolute Gasteiger partial charge is 0.357 e. The van der Waals surface area contributed by atoms with Gasteiger partial charge in [-0.2, -0.15) is 4.99 Å². The van der Waals surface area contributed by atoms with Gasteiger partial charge < -0.3 is 5.73 Å². The second-order valence-corrected chi connectivity index (χ2v) is 5.08. The largest absolute Gasteiger partial charge is 0.365 e. The third kappa shape index (κ3) is 1.90. The number of nitrogens with one attached hydrogen (secondary N) is 2. The van der Waals surface area contributed by atoms with Crippen molar-refractivity contribution in [3.63, 3.8) is 0 Å². The molecule has 4 rings (SSSR count). The lowest BCUT2D eigenvalue weighted by Crippen LogP contribution is -2.48. The van der Waals surface area contributed by atoms with Gasteiger partial charge in [0.1, 0.15) is 22.7 Å². The van der Waals surface area contributed by atoms with Crippen LogP contribution in [0.4, 0.5) is 14.7 Å². The Bertz CT molecular complexity index is 895. The van der Waals surface area contributed by atoms with Crippen molar-refractivity contribution in [3.05, 3.63) is 59.7 Å². The number of rotatable bonds is 1. The second kappa shape index (κ2) is 4.52. The number of imidazole rings is 1. The van der Waals surface area contributed by atoms with Gasteiger partial charge in [0.2, 0.25) is 6.17 Å². The third-order valence-electron chi connectivity index (χ3n) is 3.59. The predicted molar refractivity (Wildman–Crippen MR) is 78.2 cm³/mol. The summed E-state index contributed by atoms with van der Waals surface area (Å²) in [6.45, 7) is 0. The van der Waals surface area contributed by atoms with Crippen LogP contribution in [0, 0.1) is 11.6 Å². The van der Waals surface area contributed by atoms with E-state index in [9.17, 15) is 8.78 Å². The van der Waals surface area contributed by atoms with Crippen LogP contribution in [0.1, 0.15) is 11.7 Å². The predicted octanol–water partition coefficient (Wildman–Crippen LogP) is 2.02. The SMILES string of the molecule is NC1=N[C@H](c2cc(F)cc(F)c2)[n+]2c([nH]c3ccccc32)N1. The molecule has 2 heterocycles. The number of aromatic nitrogens is 2. The summed E-state index contributed by atoms with van der Waals surface area (Å²) in [5.41, 5.74) is 7.91. The number of anilines is 1. The van der Waals surface area contributed by atoms with Crippen molar-refractivity contribution in [1.82, 2.24) is 4.98 Å². The zero-order chi connectivity index (χ0) is 15.3. The van der Waals surface area contributed by atoms with Crippen LogP contribution in [0.25, 0.3) is 11.0 Å². The number of hydrogen-bond donors (Lipinski definition) is 3. The van der Waals surface area contributed by atoms with E-state index in [2.05, 4.69) is 15.3 Å². The first-order valence-corrected chi connectivity index (χ1v) is 6.70. The van der Waals surface area contributed by atoms with Crippen molar-refractivity contribution < 1.29 is 13.3 Å². The molecule has 4 N–H and O–H groups in total. The molecule has 0 amide bonds. The first kappa shape index (κ1) is 12.8. The van der Waals surface area contributed by atoms with E-state index < -0.39 is 17.8 Å². The zero-order valence-electron chi connectivity index (χ0n) is 11.3. The van der Waals surface area contributed by atoms with Gasteiger partial charge in [0.15, 0.2) is 0 Å². The summed E-state index contributed by atoms with van der Waals surface area (Å²) in [6.07, 6.45) is -0.641. The Balaban J connectivity index is 1.98. The van der Waals surface area contributed by atoms with Crippen LogP contribution in [0.2, 0.25) is 0 Å². The third-order valence-corrected chi connectivity index (χ3v) is 3.59. The van der Waals surface area contributed by atoms with Gasteiger partial charge in [-0.1, -0.05) is 12.1 Å². The number of nitrogens with two attached hydrogens (primary N) is 1. The van der Waals surface area contributed by atoms with E-state index in [0.29, 0.717) is 11.5 Å². The number of para-hydroxylation sites is 2. The monoisotopic (exact) mass is 300 g/mol. The molecule has 0 radical (unpaired) electrons. The van der Waals surface area contributed by atoms with Gasteiger partial charge in [-0.05, 0) is 24.3 Å². The van der Waals surface area contributed by atoms with Crippen molar-refractivity contribution >= 4 is 22.9 Å². The molecule has 1 aliphatic rings. The lowest BCUT2D eigenvalue weighted by Gasteiger charge is -2.18. The highest BCUT2D eigenvalue weighted by Crippen LogP contribution is 2.24. The van der Waals surface area contributed by atoms with Crippen LogP contribution >= 0.6 is 0 Å². The summed E-state index contributed by atoms with van der Waals surface area (Å²) in [7, 11) is 0. The van der Waals surface area contributed by atoms with Crippen molar-refractivity contribution in [2.75, 3.05) is 5.32 Å². The van der Waals surface area contributed by atoms with E-state index in [-0.39, 0.29) is 5.96 Å². The topological polar surface area (TPSA) is 70.1 Å². The zero-order valence-corrected chi connectivity index (χ0v) is 11.3. The number of aromatic amines is 1. The number of hydrogen-bond acceptors (Lipinski definition) is 3. The number of aliphatic imine (C=N–C) groups is 1. The molecule has 1 atom stereocenters. The van der Waals surface area contributed by atoms with Crippen LogP contribution in [0.5, 0.6) is 0 Å². The van der Waals surface area contributed by atoms with Gasteiger partial charge >= 0.3 is 5.95 Å². The summed E-state index contributed by atoms with van der Waals surface area (Å²) in [4.78, 5) is 7.47. The van der Waals surface area contributed by atoms with Crippen molar-refractivity contribution in [1.29, 1.82) is 0 Å². The van der Waals surface area contributed by atoms with Gasteiger partial charge in [0, 0.05) is 11.6 Å². The molecule has 1 aromatic heterocycles. The molecule has 0 spiro atoms. The highest BCUT2D eigenvalue weighted by atomic mass is 19.1. The molecule has 3 aromatic rings. The quantitative estimate of drug-likeness (QED) is 0.602. The lowest BCUT2D eigenvalue weighted by molar-refractivity contribution is -0.674. The molecular weight excluding hydrogens is 288 g/mol. The molecule has 0 saturated carbocycles. The Hall–Kier alpha value is -2.96. The van der Waals surface area contributed by atoms with Gasteiger partial charge in [-0.3, -0.25) is 0 Å². The maximum absolute atomic E-state index is 13.5. The number of guanidine groups is 1. The molecule has 0 unspecified atom stereocenters. The second-order valence-electron chi connectivity index (χ2n) is 5.08. The minimum Gasteiger partial charge on any atom is -0.357 e. The number of halogens is 2. The van der Waals surface area contributed by atoms with Crippen LogP contribution < -0.4 is 15.6 Å². The van der Waals surface area contributed by atoms with Gasteiger partial charge in [0.25, 0.3) is 5.96 Å². The van der Waals surface area contributed by atoms with E-state index in [1.165, 1.54) is 12.1 Å². The van der Waals surface area contributed by atoms with E-state index in [4.69, 9.17) is 5.73 Å². The minimum atomic E-state index is -0.649. The fraction of sp³-hybridized carbons (Fsp3) is 0.0667. The molecule has 0 aliphatic carbocycles. The van der Waals surface area contributed by atoms with Crippen LogP contribution in [0.3, 0.4) is 0 Å². The normalized spacial score (nSPS) is 17.0. The first-order valence-electron chi connectivity index (χ1n) is 6.70. The molecule has 22 heavy (non-hydrogen) atoms. The highest BCUT2D eigenvalue weighted by molar-refractivity contribution is 5.92. The molecule has 2 aromatic carbocycles. The van der Waals surface area contributed by atoms with Crippen molar-refractivity contribution in [3.8, 4) is 0 Å². The molecule has 1 aliphatic heterocycles. The Labute approximate surface area is 124 Å². The number of fused-ring (bicyclic) bond motifs is 3. The molecule has 5 nitrogen and oxygen atoms in total. The summed E-state index contributed by atoms with van der Waals surface area (Å²) in [5, 5.41) is 2.93. The Morgan fingerprint density at radius 2 is 1.82 bits per heavy atom. The number of benzene rings is 2. The Morgan fingerprint density at radius 3 is 2.59 bits per heavy atom. The summed E-state index contributed by atoms with van der Waals surface area (Å²) >= 11 is 0. The van der Waals surface area contributed by atoms with Crippen molar-refractivity contribution in [2.45, 2.75) is 6.17 Å². The van der Waals surface area contributed by atoms with Crippen LogP contribution in [-0.2, 0) is 0 Å². The van der Waals surface area contributed by atoms with E-state index in [0.717, 1.165) is 17.1 Å². The van der Waals surface area contributed by atoms with Gasteiger partial charge in [0.05, 0.1) is 0 Å². The van der Waals surface area contributed by atoms with E-state index in [1.807, 2.05) is 28.8 Å². The highest BCUT2D eigenvalue weighted by Gasteiger charge is 2.31. The maximum atomic E-state index is 13.5. The van der Waals surface area contributed by atoms with Crippen LogP contribution in [-0.4, -0.2) is 10.9 Å². The van der Waals surface area contributed by atoms with E-state index >= 15 is 0 Å². The fourth-order valence-corrected chi connectivity index (χ4v) is 2.73. The standard InChI is InChI=1S/C15H11F2N5/c16-9-5-8(6-10(17)7-9)13-20-14(18)21-15-19-11-3-1-2-4-12(11)22(13)15/h1-7,13H,(H3,18,19,20,21)/p+1/t13-/m0/s1. The van der Waals surface area contributed by atoms with E-state index in [1.54, 1.807) is 0 Å². The summed E-state index contributed by atoms with van der Waals surface area (Å²) < 4.78 is 28.9.